The molecule has 0 saturated heterocycles. The number of nitrogens with one attached hydrogen (secondary N) is 3. The summed E-state index contributed by atoms with van der Waals surface area (Å²) in [6, 6.07) is 7.87. The highest BCUT2D eigenvalue weighted by Gasteiger charge is 2.12. The fourth-order valence-corrected chi connectivity index (χ4v) is 2.39. The predicted molar refractivity (Wildman–Crippen MR) is 99.4 cm³/mol. The molecule has 1 aromatic heterocycles. The van der Waals surface area contributed by atoms with Crippen LogP contribution in [0.1, 0.15) is 15.9 Å². The number of pyridine rings is 1. The Labute approximate surface area is 160 Å². The lowest BCUT2D eigenvalue weighted by Crippen LogP contribution is -2.40. The molecule has 3 amide bonds. The Kier molecular flexibility index (Phi) is 6.94. The third-order valence-electron chi connectivity index (χ3n) is 3.21. The van der Waals surface area contributed by atoms with E-state index in [2.05, 4.69) is 20.9 Å². The second kappa shape index (κ2) is 9.17. The number of halogens is 2. The predicted octanol–water partition coefficient (Wildman–Crippen LogP) is 2.18. The zero-order chi connectivity index (χ0) is 19.1. The minimum absolute atomic E-state index is 0.181. The van der Waals surface area contributed by atoms with Gasteiger partial charge in [0.1, 0.15) is 5.82 Å². The van der Waals surface area contributed by atoms with Gasteiger partial charge < -0.3 is 16.0 Å². The number of rotatable bonds is 6. The molecule has 9 heteroatoms. The fourth-order valence-electron chi connectivity index (χ4n) is 1.90. The summed E-state index contributed by atoms with van der Waals surface area (Å²) in [5.41, 5.74) is 1.17. The van der Waals surface area contributed by atoms with Crippen LogP contribution in [0.4, 0.5) is 5.82 Å². The summed E-state index contributed by atoms with van der Waals surface area (Å²) in [5.74, 6) is -1.08. The first-order valence-corrected chi connectivity index (χ1v) is 8.33. The van der Waals surface area contributed by atoms with Crippen molar-refractivity contribution < 1.29 is 14.4 Å². The SMILES string of the molecule is Cc1ccc(NC(=O)CNC(=O)CNC(=O)c2ccc(Cl)cc2Cl)nc1. The molecule has 26 heavy (non-hydrogen) atoms. The van der Waals surface area contributed by atoms with Crippen LogP contribution in [-0.2, 0) is 9.59 Å². The highest BCUT2D eigenvalue weighted by atomic mass is 35.5. The molecule has 2 rings (SSSR count). The molecular formula is C17H16Cl2N4O3. The summed E-state index contributed by atoms with van der Waals surface area (Å²) in [7, 11) is 0. The van der Waals surface area contributed by atoms with Crippen LogP contribution in [0.3, 0.4) is 0 Å². The number of anilines is 1. The van der Waals surface area contributed by atoms with E-state index >= 15 is 0 Å². The number of carbonyl (C=O) groups is 3. The van der Waals surface area contributed by atoms with Crippen molar-refractivity contribution >= 4 is 46.7 Å². The summed E-state index contributed by atoms with van der Waals surface area (Å²) in [6.07, 6.45) is 1.62. The standard InChI is InChI=1S/C17H16Cl2N4O3/c1-10-2-5-14(20-7-10)23-16(25)9-21-15(24)8-22-17(26)12-4-3-11(18)6-13(12)19/h2-7H,8-9H2,1H3,(H,21,24)(H,22,26)(H,20,23,25). The highest BCUT2D eigenvalue weighted by Crippen LogP contribution is 2.20. The Morgan fingerprint density at radius 1 is 1.00 bits per heavy atom. The third-order valence-corrected chi connectivity index (χ3v) is 3.76. The molecule has 0 atom stereocenters. The third kappa shape index (κ3) is 6.02. The second-order valence-electron chi connectivity index (χ2n) is 5.35. The lowest BCUT2D eigenvalue weighted by atomic mass is 10.2. The van der Waals surface area contributed by atoms with E-state index in [4.69, 9.17) is 23.2 Å². The van der Waals surface area contributed by atoms with Gasteiger partial charge in [-0.05, 0) is 36.8 Å². The molecule has 3 N–H and O–H groups in total. The summed E-state index contributed by atoms with van der Waals surface area (Å²) < 4.78 is 0. The van der Waals surface area contributed by atoms with Crippen LogP contribution in [0.25, 0.3) is 0 Å². The van der Waals surface area contributed by atoms with Crippen molar-refractivity contribution in [2.45, 2.75) is 6.92 Å². The Bertz CT molecular complexity index is 825. The van der Waals surface area contributed by atoms with Gasteiger partial charge in [0.25, 0.3) is 5.91 Å². The molecule has 0 radical (unpaired) electrons. The van der Waals surface area contributed by atoms with Crippen molar-refractivity contribution in [3.05, 3.63) is 57.7 Å². The van der Waals surface area contributed by atoms with Crippen LogP contribution in [-0.4, -0.2) is 35.8 Å². The molecule has 0 unspecified atom stereocenters. The Hall–Kier alpha value is -2.64. The van der Waals surface area contributed by atoms with Gasteiger partial charge in [-0.15, -0.1) is 0 Å². The molecule has 0 aliphatic carbocycles. The van der Waals surface area contributed by atoms with E-state index in [0.717, 1.165) is 5.56 Å². The minimum Gasteiger partial charge on any atom is -0.345 e. The molecule has 2 aromatic rings. The van der Waals surface area contributed by atoms with Crippen molar-refractivity contribution in [3.63, 3.8) is 0 Å². The van der Waals surface area contributed by atoms with Gasteiger partial charge in [-0.1, -0.05) is 29.3 Å². The molecule has 0 bridgehead atoms. The minimum atomic E-state index is -0.518. The zero-order valence-corrected chi connectivity index (χ0v) is 15.3. The zero-order valence-electron chi connectivity index (χ0n) is 13.8. The number of carbonyl (C=O) groups excluding carboxylic acids is 3. The maximum absolute atomic E-state index is 12.0. The Balaban J connectivity index is 1.75. The van der Waals surface area contributed by atoms with Gasteiger partial charge in [0.15, 0.2) is 0 Å². The number of benzene rings is 1. The highest BCUT2D eigenvalue weighted by molar-refractivity contribution is 6.36. The monoisotopic (exact) mass is 394 g/mol. The molecular weight excluding hydrogens is 379 g/mol. The number of aromatic nitrogens is 1. The van der Waals surface area contributed by atoms with Crippen LogP contribution in [0.2, 0.25) is 10.0 Å². The van der Waals surface area contributed by atoms with Gasteiger partial charge in [-0.2, -0.15) is 0 Å². The molecule has 1 heterocycles. The first kappa shape index (κ1) is 19.7. The van der Waals surface area contributed by atoms with Gasteiger partial charge in [0.05, 0.1) is 23.7 Å². The molecule has 0 aliphatic rings. The first-order valence-electron chi connectivity index (χ1n) is 7.57. The van der Waals surface area contributed by atoms with E-state index in [9.17, 15) is 14.4 Å². The number of hydrogen-bond donors (Lipinski definition) is 3. The molecule has 0 aliphatic heterocycles. The van der Waals surface area contributed by atoms with E-state index in [1.807, 2.05) is 6.92 Å². The van der Waals surface area contributed by atoms with Gasteiger partial charge in [0.2, 0.25) is 11.8 Å². The average molecular weight is 395 g/mol. The summed E-state index contributed by atoms with van der Waals surface area (Å²) in [5, 5.41) is 7.94. The number of nitrogens with zero attached hydrogens (tertiary/aromatic N) is 1. The smallest absolute Gasteiger partial charge is 0.253 e. The molecule has 0 saturated carbocycles. The van der Waals surface area contributed by atoms with Crippen molar-refractivity contribution in [2.24, 2.45) is 0 Å². The summed E-state index contributed by atoms with van der Waals surface area (Å²) in [6.45, 7) is 1.34. The second-order valence-corrected chi connectivity index (χ2v) is 6.20. The average Bonchev–Trinajstić information content (AvgIpc) is 2.60. The van der Waals surface area contributed by atoms with E-state index in [1.54, 1.807) is 18.3 Å². The molecule has 1 aromatic carbocycles. The number of amides is 3. The van der Waals surface area contributed by atoms with Gasteiger partial charge in [0, 0.05) is 11.2 Å². The maximum atomic E-state index is 12.0. The first-order chi connectivity index (χ1) is 12.3. The van der Waals surface area contributed by atoms with Gasteiger partial charge >= 0.3 is 0 Å². The largest absolute Gasteiger partial charge is 0.345 e. The van der Waals surface area contributed by atoms with E-state index in [-0.39, 0.29) is 23.7 Å². The summed E-state index contributed by atoms with van der Waals surface area (Å²) >= 11 is 11.7. The van der Waals surface area contributed by atoms with Crippen molar-refractivity contribution in [1.82, 2.24) is 15.6 Å². The Morgan fingerprint density at radius 3 is 2.38 bits per heavy atom. The van der Waals surface area contributed by atoms with Crippen LogP contribution in [0, 0.1) is 6.92 Å². The number of aryl methyl sites for hydroxylation is 1. The van der Waals surface area contributed by atoms with E-state index < -0.39 is 17.7 Å². The quantitative estimate of drug-likeness (QED) is 0.698. The summed E-state index contributed by atoms with van der Waals surface area (Å²) in [4.78, 5) is 39.5. The van der Waals surface area contributed by atoms with Crippen molar-refractivity contribution in [1.29, 1.82) is 0 Å². The maximum Gasteiger partial charge on any atom is 0.253 e. The van der Waals surface area contributed by atoms with Crippen LogP contribution in [0.5, 0.6) is 0 Å². The van der Waals surface area contributed by atoms with Gasteiger partial charge in [-0.25, -0.2) is 4.98 Å². The number of hydrogen-bond acceptors (Lipinski definition) is 4. The lowest BCUT2D eigenvalue weighted by Gasteiger charge is -2.08. The topological polar surface area (TPSA) is 100 Å². The van der Waals surface area contributed by atoms with Crippen molar-refractivity contribution in [3.8, 4) is 0 Å². The molecule has 0 spiro atoms. The molecule has 0 fully saturated rings. The van der Waals surface area contributed by atoms with Crippen LogP contribution < -0.4 is 16.0 Å². The van der Waals surface area contributed by atoms with Crippen molar-refractivity contribution in [2.75, 3.05) is 18.4 Å². The molecule has 136 valence electrons. The molecule has 7 nitrogen and oxygen atoms in total. The van der Waals surface area contributed by atoms with Gasteiger partial charge in [-0.3, -0.25) is 14.4 Å². The Morgan fingerprint density at radius 2 is 1.73 bits per heavy atom. The van der Waals surface area contributed by atoms with E-state index in [1.165, 1.54) is 18.2 Å². The van der Waals surface area contributed by atoms with Crippen LogP contribution in [0.15, 0.2) is 36.5 Å². The normalized spacial score (nSPS) is 10.1. The fraction of sp³-hybridized carbons (Fsp3) is 0.176. The lowest BCUT2D eigenvalue weighted by molar-refractivity contribution is -0.123. The van der Waals surface area contributed by atoms with Crippen LogP contribution >= 0.6 is 23.2 Å². The van der Waals surface area contributed by atoms with E-state index in [0.29, 0.717) is 10.8 Å².